The summed E-state index contributed by atoms with van der Waals surface area (Å²) in [7, 11) is 0. The predicted molar refractivity (Wildman–Crippen MR) is 89.0 cm³/mol. The summed E-state index contributed by atoms with van der Waals surface area (Å²) in [5.41, 5.74) is -0.407. The van der Waals surface area contributed by atoms with Gasteiger partial charge >= 0.3 is 6.09 Å². The average Bonchev–Trinajstić information content (AvgIpc) is 2.40. The van der Waals surface area contributed by atoms with Crippen molar-refractivity contribution in [2.24, 2.45) is 5.92 Å². The molecule has 22 heavy (non-hydrogen) atoms. The highest BCUT2D eigenvalue weighted by Crippen LogP contribution is 2.22. The molecular weight excluding hydrogens is 278 g/mol. The second-order valence-corrected chi connectivity index (χ2v) is 7.81. The maximum atomic E-state index is 11.9. The van der Waals surface area contributed by atoms with Gasteiger partial charge in [-0.15, -0.1) is 0 Å². The lowest BCUT2D eigenvalue weighted by molar-refractivity contribution is 0.00301. The normalized spacial score (nSPS) is 23.2. The minimum Gasteiger partial charge on any atom is -0.444 e. The lowest BCUT2D eigenvalue weighted by Crippen LogP contribution is -2.63. The van der Waals surface area contributed by atoms with Gasteiger partial charge < -0.3 is 19.9 Å². The van der Waals surface area contributed by atoms with Crippen LogP contribution in [0.4, 0.5) is 4.79 Å². The average molecular weight is 311 g/mol. The molecule has 2 saturated heterocycles. The Morgan fingerprint density at radius 2 is 1.86 bits per heavy atom. The molecule has 1 atom stereocenters. The van der Waals surface area contributed by atoms with Crippen LogP contribution in [0.3, 0.4) is 0 Å². The molecule has 1 amide bonds. The van der Waals surface area contributed by atoms with E-state index >= 15 is 0 Å². The van der Waals surface area contributed by atoms with Crippen molar-refractivity contribution in [1.29, 1.82) is 0 Å². The number of likely N-dealkylation sites (tertiary alicyclic amines) is 2. The molecule has 0 aliphatic carbocycles. The Morgan fingerprint density at radius 3 is 2.36 bits per heavy atom. The molecule has 0 aromatic carbocycles. The van der Waals surface area contributed by atoms with Crippen molar-refractivity contribution in [3.63, 3.8) is 0 Å². The number of nitrogens with one attached hydrogen (secondary N) is 1. The lowest BCUT2D eigenvalue weighted by Gasteiger charge is -2.43. The molecule has 0 radical (unpaired) electrons. The summed E-state index contributed by atoms with van der Waals surface area (Å²) in [6.07, 6.45) is 2.38. The molecule has 0 aromatic rings. The molecule has 2 heterocycles. The van der Waals surface area contributed by atoms with E-state index in [2.05, 4.69) is 24.1 Å². The van der Waals surface area contributed by atoms with Gasteiger partial charge in [-0.3, -0.25) is 0 Å². The minimum absolute atomic E-state index is 0.186. The summed E-state index contributed by atoms with van der Waals surface area (Å²) in [6.45, 7) is 15.4. The van der Waals surface area contributed by atoms with Crippen molar-refractivity contribution in [2.75, 3.05) is 32.7 Å². The van der Waals surface area contributed by atoms with E-state index in [1.807, 2.05) is 20.8 Å². The first-order valence-corrected chi connectivity index (χ1v) is 8.75. The third-order valence-corrected chi connectivity index (χ3v) is 4.82. The van der Waals surface area contributed by atoms with Crippen LogP contribution >= 0.6 is 0 Å². The van der Waals surface area contributed by atoms with Crippen LogP contribution in [0, 0.1) is 5.92 Å². The summed E-state index contributed by atoms with van der Waals surface area (Å²) in [5, 5.41) is 3.70. The Hall–Kier alpha value is -0.810. The molecule has 2 rings (SSSR count). The Balaban J connectivity index is 1.66. The van der Waals surface area contributed by atoms with Gasteiger partial charge in [0.05, 0.1) is 0 Å². The monoisotopic (exact) mass is 311 g/mol. The highest BCUT2D eigenvalue weighted by molar-refractivity contribution is 5.69. The zero-order chi connectivity index (χ0) is 16.3. The molecular formula is C17H33N3O2. The first kappa shape index (κ1) is 17.5. The zero-order valence-corrected chi connectivity index (χ0v) is 14.9. The molecule has 128 valence electrons. The quantitative estimate of drug-likeness (QED) is 0.865. The van der Waals surface area contributed by atoms with Gasteiger partial charge in [0.15, 0.2) is 0 Å². The van der Waals surface area contributed by atoms with Crippen molar-refractivity contribution in [3.05, 3.63) is 0 Å². The smallest absolute Gasteiger partial charge is 0.410 e. The number of carbonyl (C=O) groups is 1. The molecule has 0 bridgehead atoms. The van der Waals surface area contributed by atoms with Gasteiger partial charge in [0, 0.05) is 25.2 Å². The third-order valence-electron chi connectivity index (χ3n) is 4.82. The second kappa shape index (κ2) is 7.18. The van der Waals surface area contributed by atoms with Gasteiger partial charge in [-0.2, -0.15) is 0 Å². The van der Waals surface area contributed by atoms with Crippen molar-refractivity contribution >= 4 is 6.09 Å². The zero-order valence-electron chi connectivity index (χ0n) is 14.9. The van der Waals surface area contributed by atoms with E-state index in [1.54, 1.807) is 4.90 Å². The van der Waals surface area contributed by atoms with Crippen molar-refractivity contribution in [2.45, 2.75) is 65.1 Å². The topological polar surface area (TPSA) is 44.8 Å². The molecule has 5 heteroatoms. The van der Waals surface area contributed by atoms with Gasteiger partial charge in [-0.25, -0.2) is 4.79 Å². The van der Waals surface area contributed by atoms with Crippen LogP contribution in [0.5, 0.6) is 0 Å². The number of carbonyl (C=O) groups excluding carboxylic acids is 1. The summed E-state index contributed by atoms with van der Waals surface area (Å²) >= 11 is 0. The fourth-order valence-electron chi connectivity index (χ4n) is 3.34. The Kier molecular flexibility index (Phi) is 5.72. The first-order valence-electron chi connectivity index (χ1n) is 8.75. The Bertz CT molecular complexity index is 367. The van der Waals surface area contributed by atoms with E-state index in [-0.39, 0.29) is 6.09 Å². The van der Waals surface area contributed by atoms with Gasteiger partial charge in [0.25, 0.3) is 0 Å². The maximum Gasteiger partial charge on any atom is 0.410 e. The number of piperidine rings is 1. The van der Waals surface area contributed by atoms with Gasteiger partial charge in [-0.05, 0) is 66.1 Å². The van der Waals surface area contributed by atoms with E-state index in [1.165, 1.54) is 32.5 Å². The number of hydrogen-bond acceptors (Lipinski definition) is 4. The fraction of sp³-hybridized carbons (Fsp3) is 0.941. The highest BCUT2D eigenvalue weighted by Gasteiger charge is 2.35. The van der Waals surface area contributed by atoms with Crippen molar-refractivity contribution in [3.8, 4) is 0 Å². The van der Waals surface area contributed by atoms with Crippen LogP contribution in [-0.4, -0.2) is 66.3 Å². The highest BCUT2D eigenvalue weighted by atomic mass is 16.6. The number of ether oxygens (including phenoxy) is 1. The number of hydrogen-bond donors (Lipinski definition) is 1. The van der Waals surface area contributed by atoms with Crippen molar-refractivity contribution in [1.82, 2.24) is 15.1 Å². The lowest BCUT2D eigenvalue weighted by atomic mass is 9.89. The molecule has 0 aromatic heterocycles. The summed E-state index contributed by atoms with van der Waals surface area (Å²) in [4.78, 5) is 16.2. The number of amides is 1. The van der Waals surface area contributed by atoms with Crippen LogP contribution in [0.25, 0.3) is 0 Å². The maximum absolute atomic E-state index is 11.9. The molecule has 0 saturated carbocycles. The van der Waals surface area contributed by atoms with Crippen molar-refractivity contribution < 1.29 is 9.53 Å². The molecule has 2 fully saturated rings. The first-order chi connectivity index (χ1) is 10.3. The van der Waals surface area contributed by atoms with E-state index in [0.717, 1.165) is 19.0 Å². The standard InChI is InChI=1S/C17H33N3O2/c1-6-19-9-7-14(8-10-19)13(2)18-15-11-20(12-15)16(21)22-17(3,4)5/h13-15,18H,6-12H2,1-5H3. The van der Waals surface area contributed by atoms with E-state index in [4.69, 9.17) is 4.74 Å². The molecule has 2 aliphatic rings. The van der Waals surface area contributed by atoms with Gasteiger partial charge in [-0.1, -0.05) is 6.92 Å². The van der Waals surface area contributed by atoms with E-state index < -0.39 is 5.60 Å². The third kappa shape index (κ3) is 4.85. The summed E-state index contributed by atoms with van der Waals surface area (Å²) in [5.74, 6) is 0.762. The van der Waals surface area contributed by atoms with Gasteiger partial charge in [0.2, 0.25) is 0 Å². The SMILES string of the molecule is CCN1CCC(C(C)NC2CN(C(=O)OC(C)(C)C)C2)CC1. The molecule has 1 N–H and O–H groups in total. The molecule has 5 nitrogen and oxygen atoms in total. The van der Waals surface area contributed by atoms with Crippen LogP contribution in [0.15, 0.2) is 0 Å². The second-order valence-electron chi connectivity index (χ2n) is 7.81. The van der Waals surface area contributed by atoms with E-state index in [9.17, 15) is 4.79 Å². The number of rotatable bonds is 4. The fourth-order valence-corrected chi connectivity index (χ4v) is 3.34. The predicted octanol–water partition coefficient (Wildman–Crippen LogP) is 2.32. The van der Waals surface area contributed by atoms with Crippen LogP contribution in [-0.2, 0) is 4.74 Å². The van der Waals surface area contributed by atoms with E-state index in [0.29, 0.717) is 12.1 Å². The van der Waals surface area contributed by atoms with Gasteiger partial charge in [0.1, 0.15) is 5.60 Å². The van der Waals surface area contributed by atoms with Crippen LogP contribution < -0.4 is 5.32 Å². The van der Waals surface area contributed by atoms with Crippen LogP contribution in [0.1, 0.15) is 47.5 Å². The van der Waals surface area contributed by atoms with Crippen LogP contribution in [0.2, 0.25) is 0 Å². The molecule has 0 spiro atoms. The Morgan fingerprint density at radius 1 is 1.27 bits per heavy atom. The molecule has 1 unspecified atom stereocenters. The molecule has 2 aliphatic heterocycles. The summed E-state index contributed by atoms with van der Waals surface area (Å²) in [6, 6.07) is 0.955. The largest absolute Gasteiger partial charge is 0.444 e. The summed E-state index contributed by atoms with van der Waals surface area (Å²) < 4.78 is 5.39. The minimum atomic E-state index is -0.407. The Labute approximate surface area is 135 Å². The number of nitrogens with zero attached hydrogens (tertiary/aromatic N) is 2.